The molecule has 1 aromatic heterocycles. The van der Waals surface area contributed by atoms with Gasteiger partial charge in [-0.2, -0.15) is 9.40 Å². The highest BCUT2D eigenvalue weighted by Crippen LogP contribution is 2.35. The molecule has 2 saturated heterocycles. The molecule has 0 spiro atoms. The first-order chi connectivity index (χ1) is 20.7. The Balaban J connectivity index is 1.48. The number of esters is 1. The number of sulfonamides is 1. The second kappa shape index (κ2) is 13.5. The molecule has 3 aromatic rings. The molecule has 2 aliphatic rings. The minimum atomic E-state index is -3.83. The highest BCUT2D eigenvalue weighted by atomic mass is 32.2. The monoisotopic (exact) mass is 640 g/mol. The fourth-order valence-corrected chi connectivity index (χ4v) is 7.81. The maximum Gasteiger partial charge on any atom is 0.309 e. The summed E-state index contributed by atoms with van der Waals surface area (Å²) in [7, 11) is -2.26. The van der Waals surface area contributed by atoms with Crippen LogP contribution in [0.2, 0.25) is 0 Å². The summed E-state index contributed by atoms with van der Waals surface area (Å²) in [6.07, 6.45) is 4.38. The van der Waals surface area contributed by atoms with Crippen LogP contribution in [0.1, 0.15) is 25.3 Å². The summed E-state index contributed by atoms with van der Waals surface area (Å²) in [6, 6.07) is 16.2. The summed E-state index contributed by atoms with van der Waals surface area (Å²) < 4.78 is 41.1. The molecule has 0 saturated carbocycles. The first kappa shape index (κ1) is 31.1. The number of hydrogen-bond donors (Lipinski definition) is 0. The van der Waals surface area contributed by atoms with Crippen molar-refractivity contribution < 1.29 is 27.5 Å². The maximum absolute atomic E-state index is 13.7. The van der Waals surface area contributed by atoms with Crippen molar-refractivity contribution in [2.45, 2.75) is 24.7 Å². The summed E-state index contributed by atoms with van der Waals surface area (Å²) in [5.74, 6) is -0.795. The molecule has 0 atom stereocenters. The highest BCUT2D eigenvalue weighted by molar-refractivity contribution is 8.26. The molecule has 2 fully saturated rings. The van der Waals surface area contributed by atoms with Gasteiger partial charge in [-0.15, -0.1) is 0 Å². The number of methoxy groups -OCH3 is 1. The van der Waals surface area contributed by atoms with Crippen LogP contribution in [-0.4, -0.2) is 83.6 Å². The normalized spacial score (nSPS) is 17.6. The lowest BCUT2D eigenvalue weighted by Gasteiger charge is -2.30. The minimum absolute atomic E-state index is 0.130. The van der Waals surface area contributed by atoms with Crippen LogP contribution < -0.4 is 0 Å². The summed E-state index contributed by atoms with van der Waals surface area (Å²) in [4.78, 5) is 27.4. The quantitative estimate of drug-likeness (QED) is 0.181. The molecule has 5 rings (SSSR count). The molecule has 3 heterocycles. The van der Waals surface area contributed by atoms with Gasteiger partial charge in [-0.3, -0.25) is 14.5 Å². The van der Waals surface area contributed by atoms with Crippen molar-refractivity contribution in [3.8, 4) is 16.9 Å². The number of thioether (sulfide) groups is 1. The van der Waals surface area contributed by atoms with Crippen LogP contribution in [0.5, 0.6) is 0 Å². The zero-order valence-electron chi connectivity index (χ0n) is 23.8. The smallest absolute Gasteiger partial charge is 0.309 e. The van der Waals surface area contributed by atoms with E-state index in [0.717, 1.165) is 5.69 Å². The van der Waals surface area contributed by atoms with Gasteiger partial charge in [-0.25, -0.2) is 13.1 Å². The Morgan fingerprint density at radius 1 is 1.14 bits per heavy atom. The van der Waals surface area contributed by atoms with Gasteiger partial charge in [0.25, 0.3) is 5.91 Å². The second-order valence-corrected chi connectivity index (χ2v) is 13.6. The van der Waals surface area contributed by atoms with E-state index in [1.807, 2.05) is 36.5 Å². The van der Waals surface area contributed by atoms with E-state index in [4.69, 9.17) is 26.8 Å². The molecule has 10 nitrogen and oxygen atoms in total. The number of hydrogen-bond acceptors (Lipinski definition) is 9. The van der Waals surface area contributed by atoms with Gasteiger partial charge in [0.2, 0.25) is 10.0 Å². The van der Waals surface area contributed by atoms with Crippen LogP contribution in [0.3, 0.4) is 0 Å². The Bertz CT molecular complexity index is 1650. The fourth-order valence-electron chi connectivity index (χ4n) is 4.99. The molecule has 0 bridgehead atoms. The molecule has 13 heteroatoms. The van der Waals surface area contributed by atoms with Crippen LogP contribution in [0.25, 0.3) is 23.0 Å². The van der Waals surface area contributed by atoms with E-state index in [0.29, 0.717) is 58.6 Å². The lowest BCUT2D eigenvalue weighted by atomic mass is 9.98. The maximum atomic E-state index is 13.7. The summed E-state index contributed by atoms with van der Waals surface area (Å²) in [5, 5.41) is 4.81. The molecular weight excluding hydrogens is 609 g/mol. The van der Waals surface area contributed by atoms with E-state index in [2.05, 4.69) is 0 Å². The van der Waals surface area contributed by atoms with Crippen LogP contribution in [0.4, 0.5) is 0 Å². The zero-order valence-corrected chi connectivity index (χ0v) is 26.3. The fraction of sp³-hybridized carbons (Fsp3) is 0.333. The van der Waals surface area contributed by atoms with Gasteiger partial charge in [0, 0.05) is 37.5 Å². The third-order valence-electron chi connectivity index (χ3n) is 7.26. The molecule has 0 N–H and O–H groups in total. The van der Waals surface area contributed by atoms with Crippen LogP contribution >= 0.6 is 24.0 Å². The zero-order chi connectivity index (χ0) is 30.6. The largest absolute Gasteiger partial charge is 0.466 e. The number of ether oxygens (including phenoxy) is 2. The number of piperidine rings is 1. The Hall–Kier alpha value is -3.36. The van der Waals surface area contributed by atoms with Crippen molar-refractivity contribution in [1.29, 1.82) is 0 Å². The SMILES string of the molecule is CCOC(=O)C1CCN(S(=O)(=O)c2cccc(-c3nn(-c4ccccc4)cc3/C=C3\SC(=S)N(CCOC)C3=O)c2)CC1. The third-order valence-corrected chi connectivity index (χ3v) is 10.5. The lowest BCUT2D eigenvalue weighted by molar-refractivity contribution is -0.149. The van der Waals surface area contributed by atoms with E-state index in [1.54, 1.807) is 49.1 Å². The van der Waals surface area contributed by atoms with Crippen LogP contribution in [0, 0.1) is 5.92 Å². The van der Waals surface area contributed by atoms with Gasteiger partial charge in [0.15, 0.2) is 0 Å². The van der Waals surface area contributed by atoms with E-state index < -0.39 is 10.0 Å². The van der Waals surface area contributed by atoms with Crippen LogP contribution in [0.15, 0.2) is 70.6 Å². The van der Waals surface area contributed by atoms with Gasteiger partial charge in [0.1, 0.15) is 10.0 Å². The molecule has 2 aliphatic heterocycles. The van der Waals surface area contributed by atoms with E-state index in [-0.39, 0.29) is 35.8 Å². The molecule has 0 radical (unpaired) electrons. The van der Waals surface area contributed by atoms with Crippen LogP contribution in [-0.2, 0) is 29.1 Å². The standard InChI is InChI=1S/C30H32N4O6S3/c1-3-40-29(36)21-12-14-32(15-13-21)43(37,38)25-11-7-8-22(18-25)27-23(20-34(31-27)24-9-5-4-6-10-24)19-26-28(35)33(16-17-39-2)30(41)42-26/h4-11,18-21H,3,12-17H2,1-2H3/b26-19-. The number of benzene rings is 2. The van der Waals surface area contributed by atoms with E-state index in [1.165, 1.54) is 21.0 Å². The first-order valence-electron chi connectivity index (χ1n) is 13.9. The van der Waals surface area contributed by atoms with Gasteiger partial charge >= 0.3 is 5.97 Å². The van der Waals surface area contributed by atoms with Crippen molar-refractivity contribution >= 4 is 56.3 Å². The van der Waals surface area contributed by atoms with Crippen molar-refractivity contribution in [3.05, 3.63) is 71.3 Å². The van der Waals surface area contributed by atoms with Gasteiger partial charge in [-0.1, -0.05) is 54.3 Å². The van der Waals surface area contributed by atoms with Crippen molar-refractivity contribution in [2.75, 3.05) is 40.0 Å². The average Bonchev–Trinajstić information content (AvgIpc) is 3.56. The van der Waals surface area contributed by atoms with Gasteiger partial charge in [0.05, 0.1) is 41.2 Å². The number of nitrogens with zero attached hydrogens (tertiary/aromatic N) is 4. The molecule has 0 unspecified atom stereocenters. The highest BCUT2D eigenvalue weighted by Gasteiger charge is 2.34. The number of carbonyl (C=O) groups excluding carboxylic acids is 2. The van der Waals surface area contributed by atoms with Crippen molar-refractivity contribution in [3.63, 3.8) is 0 Å². The second-order valence-electron chi connectivity index (χ2n) is 10.00. The summed E-state index contributed by atoms with van der Waals surface area (Å²) in [5.41, 5.74) is 2.55. The molecule has 226 valence electrons. The summed E-state index contributed by atoms with van der Waals surface area (Å²) in [6.45, 7) is 3.23. The number of aromatic nitrogens is 2. The first-order valence-corrected chi connectivity index (χ1v) is 16.6. The number of rotatable bonds is 10. The average molecular weight is 641 g/mol. The van der Waals surface area contributed by atoms with E-state index in [9.17, 15) is 18.0 Å². The number of para-hydroxylation sites is 1. The van der Waals surface area contributed by atoms with Gasteiger partial charge < -0.3 is 9.47 Å². The predicted octanol–water partition coefficient (Wildman–Crippen LogP) is 4.35. The third kappa shape index (κ3) is 6.75. The molecular formula is C30H32N4O6S3. The lowest BCUT2D eigenvalue weighted by Crippen LogP contribution is -2.40. The van der Waals surface area contributed by atoms with Crippen molar-refractivity contribution in [1.82, 2.24) is 19.0 Å². The van der Waals surface area contributed by atoms with Crippen molar-refractivity contribution in [2.24, 2.45) is 5.92 Å². The molecule has 2 aromatic carbocycles. The predicted molar refractivity (Wildman–Crippen MR) is 169 cm³/mol. The molecule has 43 heavy (non-hydrogen) atoms. The topological polar surface area (TPSA) is 111 Å². The number of amides is 1. The summed E-state index contributed by atoms with van der Waals surface area (Å²) >= 11 is 6.65. The Morgan fingerprint density at radius 3 is 2.58 bits per heavy atom. The molecule has 1 amide bonds. The number of carbonyl (C=O) groups is 2. The Morgan fingerprint density at radius 2 is 1.88 bits per heavy atom. The van der Waals surface area contributed by atoms with Gasteiger partial charge in [-0.05, 0) is 50.1 Å². The molecule has 0 aliphatic carbocycles. The Labute approximate surface area is 260 Å². The minimum Gasteiger partial charge on any atom is -0.466 e. The Kier molecular flexibility index (Phi) is 9.77. The number of thiocarbonyl (C=S) groups is 1. The van der Waals surface area contributed by atoms with E-state index >= 15 is 0 Å².